The number of nitrogens with one attached hydrogen (secondary N) is 2. The maximum atomic E-state index is 11.7. The lowest BCUT2D eigenvalue weighted by molar-refractivity contribution is -0.130. The first-order valence-electron chi connectivity index (χ1n) is 10.7. The van der Waals surface area contributed by atoms with Crippen molar-refractivity contribution in [3.8, 4) is 5.75 Å². The molecule has 0 atom stereocenters. The molecule has 0 bridgehead atoms. The molecule has 1 heterocycles. The van der Waals surface area contributed by atoms with Crippen LogP contribution >= 0.6 is 24.0 Å². The van der Waals surface area contributed by atoms with E-state index in [0.717, 1.165) is 44.0 Å². The van der Waals surface area contributed by atoms with Crippen LogP contribution in [0.25, 0.3) is 0 Å². The molecule has 0 aromatic heterocycles. The van der Waals surface area contributed by atoms with E-state index < -0.39 is 0 Å². The zero-order valence-corrected chi connectivity index (χ0v) is 21.1. The second-order valence-electron chi connectivity index (χ2n) is 7.68. The maximum absolute atomic E-state index is 11.7. The van der Waals surface area contributed by atoms with Gasteiger partial charge in [-0.05, 0) is 50.4 Å². The summed E-state index contributed by atoms with van der Waals surface area (Å²) in [6, 6.07) is 8.23. The Morgan fingerprint density at radius 3 is 2.63 bits per heavy atom. The molecule has 1 aliphatic rings. The first-order valence-corrected chi connectivity index (χ1v) is 10.7. The van der Waals surface area contributed by atoms with Gasteiger partial charge in [-0.2, -0.15) is 0 Å². The summed E-state index contributed by atoms with van der Waals surface area (Å²) in [7, 11) is 3.44. The summed E-state index contributed by atoms with van der Waals surface area (Å²) in [6.45, 7) is 9.24. The lowest BCUT2D eigenvalue weighted by Crippen LogP contribution is -2.48. The van der Waals surface area contributed by atoms with Crippen molar-refractivity contribution in [2.75, 3.05) is 46.9 Å². The third-order valence-corrected chi connectivity index (χ3v) is 4.99. The number of nitrogens with zero attached hydrogens (tertiary/aromatic N) is 3. The number of carbonyl (C=O) groups is 1. The predicted molar refractivity (Wildman–Crippen MR) is 134 cm³/mol. The largest absolute Gasteiger partial charge is 0.484 e. The van der Waals surface area contributed by atoms with Crippen LogP contribution in [0.5, 0.6) is 5.75 Å². The first-order chi connectivity index (χ1) is 14.0. The molecule has 1 aromatic carbocycles. The lowest BCUT2D eigenvalue weighted by atomic mass is 10.1. The number of rotatable bonds is 9. The monoisotopic (exact) mass is 531 g/mol. The number of aliphatic imine (C=N–C) groups is 1. The van der Waals surface area contributed by atoms with Crippen molar-refractivity contribution < 1.29 is 9.53 Å². The molecule has 0 aliphatic carbocycles. The van der Waals surface area contributed by atoms with Crippen LogP contribution in [-0.4, -0.2) is 74.6 Å². The molecular weight excluding hydrogens is 493 g/mol. The molecule has 0 unspecified atom stereocenters. The van der Waals surface area contributed by atoms with Gasteiger partial charge in [0, 0.05) is 39.8 Å². The second-order valence-corrected chi connectivity index (χ2v) is 7.68. The number of amides is 1. The first kappa shape index (κ1) is 26.5. The fraction of sp³-hybridized carbons (Fsp3) is 0.636. The Morgan fingerprint density at radius 1 is 1.27 bits per heavy atom. The zero-order valence-electron chi connectivity index (χ0n) is 18.8. The van der Waals surface area contributed by atoms with Gasteiger partial charge in [-0.25, -0.2) is 4.99 Å². The zero-order chi connectivity index (χ0) is 21.1. The highest BCUT2D eigenvalue weighted by Gasteiger charge is 2.19. The van der Waals surface area contributed by atoms with Gasteiger partial charge in [-0.15, -0.1) is 24.0 Å². The summed E-state index contributed by atoms with van der Waals surface area (Å²) in [5, 5.41) is 6.94. The van der Waals surface area contributed by atoms with Crippen LogP contribution in [0.15, 0.2) is 29.3 Å². The fourth-order valence-corrected chi connectivity index (χ4v) is 3.31. The molecule has 1 fully saturated rings. The van der Waals surface area contributed by atoms with Gasteiger partial charge in [0.15, 0.2) is 12.6 Å². The minimum absolute atomic E-state index is 0. The van der Waals surface area contributed by atoms with Crippen molar-refractivity contribution in [2.45, 2.75) is 45.7 Å². The normalized spacial score (nSPS) is 15.3. The van der Waals surface area contributed by atoms with Crippen molar-refractivity contribution >= 4 is 35.8 Å². The molecule has 0 spiro atoms. The van der Waals surface area contributed by atoms with Gasteiger partial charge in [0.25, 0.3) is 5.91 Å². The Labute approximate surface area is 198 Å². The number of likely N-dealkylation sites (N-methyl/N-ethyl adjacent to an activating group) is 1. The fourth-order valence-electron chi connectivity index (χ4n) is 3.31. The number of guanidine groups is 1. The van der Waals surface area contributed by atoms with Gasteiger partial charge >= 0.3 is 0 Å². The summed E-state index contributed by atoms with van der Waals surface area (Å²) in [4.78, 5) is 20.5. The molecule has 1 amide bonds. The molecule has 0 radical (unpaired) electrons. The molecule has 2 N–H and O–H groups in total. The van der Waals surface area contributed by atoms with E-state index in [1.807, 2.05) is 24.3 Å². The Kier molecular flexibility index (Phi) is 12.8. The number of hydrogen-bond donors (Lipinski definition) is 2. The SMILES string of the molecule is CCCN1CCC(NC(=NCc2cccc(OCC(=O)N(C)C)c2)NCC)CC1.I. The molecular formula is C22H38IN5O2. The third kappa shape index (κ3) is 9.51. The van der Waals surface area contributed by atoms with Crippen molar-refractivity contribution in [1.82, 2.24) is 20.4 Å². The van der Waals surface area contributed by atoms with Gasteiger partial charge in [0.05, 0.1) is 6.54 Å². The second kappa shape index (κ2) is 14.5. The van der Waals surface area contributed by atoms with E-state index in [-0.39, 0.29) is 36.5 Å². The molecule has 2 rings (SSSR count). The Balaban J connectivity index is 0.00000450. The van der Waals surface area contributed by atoms with Crippen LogP contribution < -0.4 is 15.4 Å². The number of piperidine rings is 1. The molecule has 8 heteroatoms. The highest BCUT2D eigenvalue weighted by Crippen LogP contribution is 2.15. The molecule has 30 heavy (non-hydrogen) atoms. The van der Waals surface area contributed by atoms with Crippen LogP contribution in [0.4, 0.5) is 0 Å². The minimum atomic E-state index is -0.0583. The molecule has 1 saturated heterocycles. The minimum Gasteiger partial charge on any atom is -0.484 e. The molecule has 170 valence electrons. The topological polar surface area (TPSA) is 69.2 Å². The van der Waals surface area contributed by atoms with E-state index in [1.54, 1.807) is 14.1 Å². The van der Waals surface area contributed by atoms with E-state index in [2.05, 4.69) is 29.4 Å². The van der Waals surface area contributed by atoms with Crippen LogP contribution in [0, 0.1) is 0 Å². The van der Waals surface area contributed by atoms with Crippen molar-refractivity contribution in [1.29, 1.82) is 0 Å². The summed E-state index contributed by atoms with van der Waals surface area (Å²) in [6.07, 6.45) is 3.51. The number of halogens is 1. The van der Waals surface area contributed by atoms with E-state index in [4.69, 9.17) is 9.73 Å². The smallest absolute Gasteiger partial charge is 0.259 e. The third-order valence-electron chi connectivity index (χ3n) is 4.99. The van der Waals surface area contributed by atoms with Crippen LogP contribution in [0.3, 0.4) is 0 Å². The Hall–Kier alpha value is -1.55. The van der Waals surface area contributed by atoms with Crippen molar-refractivity contribution in [3.63, 3.8) is 0 Å². The average Bonchev–Trinajstić information content (AvgIpc) is 2.72. The van der Waals surface area contributed by atoms with Gasteiger partial charge in [0.2, 0.25) is 0 Å². The Bertz CT molecular complexity index is 661. The highest BCUT2D eigenvalue weighted by molar-refractivity contribution is 14.0. The number of hydrogen-bond acceptors (Lipinski definition) is 4. The molecule has 0 saturated carbocycles. The predicted octanol–water partition coefficient (Wildman–Crippen LogP) is 2.70. The van der Waals surface area contributed by atoms with E-state index in [1.165, 1.54) is 17.9 Å². The quantitative estimate of drug-likeness (QED) is 0.292. The summed E-state index contributed by atoms with van der Waals surface area (Å²) in [5.74, 6) is 1.49. The number of likely N-dealkylation sites (tertiary alicyclic amines) is 1. The average molecular weight is 531 g/mol. The molecule has 1 aromatic rings. The summed E-state index contributed by atoms with van der Waals surface area (Å²) >= 11 is 0. The van der Waals surface area contributed by atoms with Crippen LogP contribution in [0.2, 0.25) is 0 Å². The number of benzene rings is 1. The van der Waals surface area contributed by atoms with Gasteiger partial charge in [0.1, 0.15) is 5.75 Å². The number of carbonyl (C=O) groups excluding carboxylic acids is 1. The standard InChI is InChI=1S/C22H37N5O2.HI/c1-5-12-27-13-10-19(11-14-27)25-22(23-6-2)24-16-18-8-7-9-20(15-18)29-17-21(28)26(3)4;/h7-9,15,19H,5-6,10-14,16-17H2,1-4H3,(H2,23,24,25);1H. The van der Waals surface area contributed by atoms with Crippen molar-refractivity contribution in [2.24, 2.45) is 4.99 Å². The number of ether oxygens (including phenoxy) is 1. The van der Waals surface area contributed by atoms with E-state index in [9.17, 15) is 4.79 Å². The highest BCUT2D eigenvalue weighted by atomic mass is 127. The van der Waals surface area contributed by atoms with Gasteiger partial charge in [-0.1, -0.05) is 19.1 Å². The lowest BCUT2D eigenvalue weighted by Gasteiger charge is -2.32. The van der Waals surface area contributed by atoms with E-state index >= 15 is 0 Å². The van der Waals surface area contributed by atoms with Gasteiger partial charge in [-0.3, -0.25) is 4.79 Å². The maximum Gasteiger partial charge on any atom is 0.259 e. The summed E-state index contributed by atoms with van der Waals surface area (Å²) < 4.78 is 5.60. The Morgan fingerprint density at radius 2 is 2.00 bits per heavy atom. The van der Waals surface area contributed by atoms with Crippen LogP contribution in [0.1, 0.15) is 38.7 Å². The van der Waals surface area contributed by atoms with E-state index in [0.29, 0.717) is 18.3 Å². The molecule has 1 aliphatic heterocycles. The molecule has 7 nitrogen and oxygen atoms in total. The van der Waals surface area contributed by atoms with Gasteiger partial charge < -0.3 is 25.2 Å². The summed E-state index contributed by atoms with van der Waals surface area (Å²) in [5.41, 5.74) is 1.05. The van der Waals surface area contributed by atoms with Crippen molar-refractivity contribution in [3.05, 3.63) is 29.8 Å². The van der Waals surface area contributed by atoms with Crippen LogP contribution in [-0.2, 0) is 11.3 Å².